The molecule has 1 atom stereocenters. The minimum Gasteiger partial charge on any atom is -0.469 e. The van der Waals surface area contributed by atoms with Gasteiger partial charge in [0, 0.05) is 5.56 Å². The molecule has 0 amide bonds. The Balaban J connectivity index is 2.04. The Labute approximate surface area is 177 Å². The zero-order chi connectivity index (χ0) is 21.5. The molecule has 6 heteroatoms. The standard InChI is InChI=1S/C24H23NO4S/c1-16-13-17(2)24-20(14-16)19-11-7-8-12-21(19)25(22(24)15-23(26)29-3)30(27,28)18-9-5-4-6-10-18/h4-14,22H,15H2,1-3H3. The van der Waals surface area contributed by atoms with Crippen molar-refractivity contribution in [1.82, 2.24) is 0 Å². The Hall–Kier alpha value is -3.12. The number of fused-ring (bicyclic) bond motifs is 3. The third-order valence-electron chi connectivity index (χ3n) is 5.47. The molecule has 154 valence electrons. The molecule has 30 heavy (non-hydrogen) atoms. The van der Waals surface area contributed by atoms with Crippen LogP contribution in [-0.4, -0.2) is 21.5 Å². The van der Waals surface area contributed by atoms with Crippen molar-refractivity contribution in [2.24, 2.45) is 0 Å². The molecule has 3 aromatic rings. The van der Waals surface area contributed by atoms with Crippen LogP contribution in [0.2, 0.25) is 0 Å². The molecule has 3 aromatic carbocycles. The number of esters is 1. The number of ether oxygens (including phenoxy) is 1. The summed E-state index contributed by atoms with van der Waals surface area (Å²) in [7, 11) is -2.60. The SMILES string of the molecule is COC(=O)CC1c2c(C)cc(C)cc2-c2ccccc2N1S(=O)(=O)c1ccccc1. The van der Waals surface area contributed by atoms with Gasteiger partial charge in [0.25, 0.3) is 10.0 Å². The van der Waals surface area contributed by atoms with Crippen LogP contribution in [0.1, 0.15) is 29.2 Å². The van der Waals surface area contributed by atoms with Gasteiger partial charge in [-0.2, -0.15) is 0 Å². The molecule has 0 saturated carbocycles. The van der Waals surface area contributed by atoms with E-state index in [9.17, 15) is 13.2 Å². The van der Waals surface area contributed by atoms with Crippen molar-refractivity contribution in [3.05, 3.63) is 83.4 Å². The van der Waals surface area contributed by atoms with E-state index in [1.54, 1.807) is 36.4 Å². The normalized spacial score (nSPS) is 15.3. The zero-order valence-corrected chi connectivity index (χ0v) is 17.9. The number of hydrogen-bond acceptors (Lipinski definition) is 4. The van der Waals surface area contributed by atoms with Crippen molar-refractivity contribution in [2.75, 3.05) is 11.4 Å². The molecule has 1 unspecified atom stereocenters. The minimum atomic E-state index is -3.92. The molecule has 0 bridgehead atoms. The third kappa shape index (κ3) is 3.27. The summed E-state index contributed by atoms with van der Waals surface area (Å²) in [6.45, 7) is 3.97. The maximum absolute atomic E-state index is 13.8. The van der Waals surface area contributed by atoms with E-state index in [1.807, 2.05) is 38.1 Å². The zero-order valence-electron chi connectivity index (χ0n) is 17.1. The highest BCUT2D eigenvalue weighted by molar-refractivity contribution is 7.92. The summed E-state index contributed by atoms with van der Waals surface area (Å²) in [6.07, 6.45) is -0.0756. The lowest BCUT2D eigenvalue weighted by molar-refractivity contribution is -0.141. The van der Waals surface area contributed by atoms with Crippen LogP contribution in [-0.2, 0) is 19.6 Å². The van der Waals surface area contributed by atoms with Crippen LogP contribution in [0.4, 0.5) is 5.69 Å². The second kappa shape index (κ2) is 7.61. The number of nitrogens with zero attached hydrogens (tertiary/aromatic N) is 1. The van der Waals surface area contributed by atoms with Gasteiger partial charge in [-0.15, -0.1) is 0 Å². The average molecular weight is 422 g/mol. The highest BCUT2D eigenvalue weighted by atomic mass is 32.2. The van der Waals surface area contributed by atoms with E-state index in [4.69, 9.17) is 4.74 Å². The first-order valence-electron chi connectivity index (χ1n) is 9.71. The Morgan fingerprint density at radius 3 is 2.33 bits per heavy atom. The van der Waals surface area contributed by atoms with E-state index in [0.717, 1.165) is 27.8 Å². The fourth-order valence-electron chi connectivity index (χ4n) is 4.25. The molecule has 0 spiro atoms. The van der Waals surface area contributed by atoms with Crippen molar-refractivity contribution < 1.29 is 17.9 Å². The molecular formula is C24H23NO4S. The van der Waals surface area contributed by atoms with Gasteiger partial charge in [0.1, 0.15) is 0 Å². The van der Waals surface area contributed by atoms with Crippen LogP contribution in [0.3, 0.4) is 0 Å². The van der Waals surface area contributed by atoms with Crippen LogP contribution in [0, 0.1) is 13.8 Å². The van der Waals surface area contributed by atoms with Crippen LogP contribution >= 0.6 is 0 Å². The van der Waals surface area contributed by atoms with E-state index >= 15 is 0 Å². The van der Waals surface area contributed by atoms with Crippen LogP contribution in [0.15, 0.2) is 71.6 Å². The van der Waals surface area contributed by atoms with Gasteiger partial charge in [-0.25, -0.2) is 8.42 Å². The lowest BCUT2D eigenvalue weighted by atomic mass is 9.84. The maximum Gasteiger partial charge on any atom is 0.307 e. The van der Waals surface area contributed by atoms with Crippen LogP contribution in [0.5, 0.6) is 0 Å². The van der Waals surface area contributed by atoms with Gasteiger partial charge in [-0.3, -0.25) is 9.10 Å². The Bertz CT molecular complexity index is 1220. The number of aryl methyl sites for hydroxylation is 2. The van der Waals surface area contributed by atoms with E-state index in [0.29, 0.717) is 5.69 Å². The summed E-state index contributed by atoms with van der Waals surface area (Å²) in [4.78, 5) is 12.5. The molecule has 1 aliphatic heterocycles. The minimum absolute atomic E-state index is 0.0756. The number of rotatable bonds is 4. The van der Waals surface area contributed by atoms with E-state index in [2.05, 4.69) is 6.07 Å². The Morgan fingerprint density at radius 1 is 0.967 bits per heavy atom. The summed E-state index contributed by atoms with van der Waals surface area (Å²) < 4.78 is 33.9. The number of benzene rings is 3. The number of anilines is 1. The molecule has 5 nitrogen and oxygen atoms in total. The third-order valence-corrected chi connectivity index (χ3v) is 7.30. The van der Waals surface area contributed by atoms with Gasteiger partial charge in [0.15, 0.2) is 0 Å². The van der Waals surface area contributed by atoms with Crippen molar-refractivity contribution in [3.63, 3.8) is 0 Å². The van der Waals surface area contributed by atoms with Crippen molar-refractivity contribution in [2.45, 2.75) is 31.2 Å². The first-order valence-corrected chi connectivity index (χ1v) is 11.2. The molecule has 1 heterocycles. The molecule has 4 rings (SSSR count). The smallest absolute Gasteiger partial charge is 0.307 e. The summed E-state index contributed by atoms with van der Waals surface area (Å²) >= 11 is 0. The molecular weight excluding hydrogens is 398 g/mol. The summed E-state index contributed by atoms with van der Waals surface area (Å²) in [5.41, 5.74) is 5.22. The van der Waals surface area contributed by atoms with Gasteiger partial charge >= 0.3 is 5.97 Å². The first kappa shape index (κ1) is 20.2. The molecule has 0 radical (unpaired) electrons. The summed E-state index contributed by atoms with van der Waals surface area (Å²) in [5, 5.41) is 0. The first-order chi connectivity index (χ1) is 14.3. The van der Waals surface area contributed by atoms with E-state index < -0.39 is 22.0 Å². The van der Waals surface area contributed by atoms with Gasteiger partial charge < -0.3 is 4.74 Å². The van der Waals surface area contributed by atoms with Gasteiger partial charge in [-0.1, -0.05) is 54.1 Å². The Morgan fingerprint density at radius 2 is 1.63 bits per heavy atom. The lowest BCUT2D eigenvalue weighted by Gasteiger charge is -2.39. The molecule has 1 aliphatic rings. The molecule has 0 N–H and O–H groups in total. The fourth-order valence-corrected chi connectivity index (χ4v) is 5.91. The van der Waals surface area contributed by atoms with E-state index in [-0.39, 0.29) is 11.3 Å². The van der Waals surface area contributed by atoms with E-state index in [1.165, 1.54) is 11.4 Å². The monoisotopic (exact) mass is 421 g/mol. The quantitative estimate of drug-likeness (QED) is 0.569. The summed E-state index contributed by atoms with van der Waals surface area (Å²) in [5.74, 6) is -0.460. The summed E-state index contributed by atoms with van der Waals surface area (Å²) in [6, 6.07) is 19.1. The predicted molar refractivity (Wildman–Crippen MR) is 117 cm³/mol. The largest absolute Gasteiger partial charge is 0.469 e. The number of sulfonamides is 1. The highest BCUT2D eigenvalue weighted by Gasteiger charge is 2.41. The maximum atomic E-state index is 13.8. The van der Waals surface area contributed by atoms with Crippen LogP contribution in [0.25, 0.3) is 11.1 Å². The molecule has 0 saturated heterocycles. The number of para-hydroxylation sites is 1. The molecule has 0 aromatic heterocycles. The number of hydrogen-bond donors (Lipinski definition) is 0. The fraction of sp³-hybridized carbons (Fsp3) is 0.208. The molecule has 0 aliphatic carbocycles. The van der Waals surface area contributed by atoms with Gasteiger partial charge in [0.2, 0.25) is 0 Å². The van der Waals surface area contributed by atoms with Crippen molar-refractivity contribution in [3.8, 4) is 11.1 Å². The number of carbonyl (C=O) groups is 1. The number of methoxy groups -OCH3 is 1. The second-order valence-corrected chi connectivity index (χ2v) is 9.29. The topological polar surface area (TPSA) is 63.7 Å². The second-order valence-electron chi connectivity index (χ2n) is 7.47. The van der Waals surface area contributed by atoms with Crippen LogP contribution < -0.4 is 4.31 Å². The van der Waals surface area contributed by atoms with Gasteiger partial charge in [-0.05, 0) is 48.7 Å². The number of carbonyl (C=O) groups excluding carboxylic acids is 1. The van der Waals surface area contributed by atoms with Gasteiger partial charge in [0.05, 0.1) is 30.2 Å². The Kier molecular flexibility index (Phi) is 5.12. The lowest BCUT2D eigenvalue weighted by Crippen LogP contribution is -2.39. The predicted octanol–water partition coefficient (Wildman–Crippen LogP) is 4.78. The van der Waals surface area contributed by atoms with Crippen molar-refractivity contribution in [1.29, 1.82) is 0 Å². The average Bonchev–Trinajstić information content (AvgIpc) is 2.73. The van der Waals surface area contributed by atoms with Crippen molar-refractivity contribution >= 4 is 21.7 Å². The highest BCUT2D eigenvalue weighted by Crippen LogP contribution is 2.49. The molecule has 0 fully saturated rings.